The fourth-order valence-electron chi connectivity index (χ4n) is 3.46. The number of hydrogen-bond acceptors (Lipinski definition) is 2. The van der Waals surface area contributed by atoms with Gasteiger partial charge in [-0.25, -0.2) is 0 Å². The van der Waals surface area contributed by atoms with Crippen molar-refractivity contribution in [2.45, 2.75) is 52.4 Å². The van der Waals surface area contributed by atoms with Crippen molar-refractivity contribution >= 4 is 23.2 Å². The number of rotatable bonds is 4. The quantitative estimate of drug-likeness (QED) is 0.870. The van der Waals surface area contributed by atoms with Crippen molar-refractivity contribution in [1.29, 1.82) is 0 Å². The zero-order valence-corrected chi connectivity index (χ0v) is 16.6. The molecular formula is C23H28N2O2. The molecule has 0 unspecified atom stereocenters. The zero-order valence-electron chi connectivity index (χ0n) is 16.6. The Bertz CT molecular complexity index is 848. The van der Waals surface area contributed by atoms with Gasteiger partial charge in [0, 0.05) is 31.3 Å². The Hall–Kier alpha value is -2.62. The number of nitrogens with zero attached hydrogens (tertiary/aromatic N) is 1. The van der Waals surface area contributed by atoms with Crippen LogP contribution in [0.3, 0.4) is 0 Å². The molecule has 0 fully saturated rings. The van der Waals surface area contributed by atoms with Crippen molar-refractivity contribution in [2.24, 2.45) is 0 Å². The lowest BCUT2D eigenvalue weighted by Crippen LogP contribution is -2.25. The van der Waals surface area contributed by atoms with Gasteiger partial charge in [0.1, 0.15) is 0 Å². The highest BCUT2D eigenvalue weighted by Crippen LogP contribution is 2.30. The van der Waals surface area contributed by atoms with Crippen LogP contribution in [0.5, 0.6) is 0 Å². The van der Waals surface area contributed by atoms with Gasteiger partial charge in [0.15, 0.2) is 0 Å². The van der Waals surface area contributed by atoms with Crippen LogP contribution in [0.1, 0.15) is 50.8 Å². The molecule has 0 atom stereocenters. The van der Waals surface area contributed by atoms with Crippen molar-refractivity contribution in [2.75, 3.05) is 16.8 Å². The topological polar surface area (TPSA) is 49.4 Å². The van der Waals surface area contributed by atoms with Gasteiger partial charge < -0.3 is 10.2 Å². The van der Waals surface area contributed by atoms with E-state index in [1.807, 2.05) is 18.2 Å². The SMILES string of the molecule is CC(=O)N1CCc2cc(NC(=O)CCc3ccc(C(C)(C)C)cc3)ccc21. The molecule has 0 saturated carbocycles. The highest BCUT2D eigenvalue weighted by atomic mass is 16.2. The minimum absolute atomic E-state index is 0.0104. The average Bonchev–Trinajstić information content (AvgIpc) is 3.03. The number of hydrogen-bond donors (Lipinski definition) is 1. The first-order chi connectivity index (χ1) is 12.7. The highest BCUT2D eigenvalue weighted by Gasteiger charge is 2.22. The fraction of sp³-hybridized carbons (Fsp3) is 0.391. The monoisotopic (exact) mass is 364 g/mol. The fourth-order valence-corrected chi connectivity index (χ4v) is 3.46. The van der Waals surface area contributed by atoms with E-state index in [1.54, 1.807) is 11.8 Å². The third-order valence-corrected chi connectivity index (χ3v) is 5.10. The predicted octanol–water partition coefficient (Wildman–Crippen LogP) is 4.46. The summed E-state index contributed by atoms with van der Waals surface area (Å²) >= 11 is 0. The van der Waals surface area contributed by atoms with Gasteiger partial charge >= 0.3 is 0 Å². The minimum atomic E-state index is 0.0104. The summed E-state index contributed by atoms with van der Waals surface area (Å²) in [5.41, 5.74) is 5.48. The standard InChI is InChI=1S/C23H28N2O2/c1-16(26)25-14-13-18-15-20(10-11-21(18)25)24-22(27)12-7-17-5-8-19(9-6-17)23(2,3)4/h5-6,8-11,15H,7,12-14H2,1-4H3,(H,24,27). The van der Waals surface area contributed by atoms with Gasteiger partial charge in [0.05, 0.1) is 0 Å². The molecule has 0 radical (unpaired) electrons. The lowest BCUT2D eigenvalue weighted by atomic mass is 9.86. The van der Waals surface area contributed by atoms with Crippen molar-refractivity contribution in [3.8, 4) is 0 Å². The first-order valence-corrected chi connectivity index (χ1v) is 9.54. The maximum Gasteiger partial charge on any atom is 0.224 e. The molecule has 1 aliphatic rings. The van der Waals surface area contributed by atoms with Gasteiger partial charge in [-0.2, -0.15) is 0 Å². The second-order valence-corrected chi connectivity index (χ2v) is 8.26. The second kappa shape index (κ2) is 7.55. The van der Waals surface area contributed by atoms with E-state index in [-0.39, 0.29) is 17.2 Å². The van der Waals surface area contributed by atoms with Gasteiger partial charge in [-0.15, -0.1) is 0 Å². The van der Waals surface area contributed by atoms with E-state index in [0.717, 1.165) is 29.8 Å². The molecule has 0 saturated heterocycles. The first-order valence-electron chi connectivity index (χ1n) is 9.54. The number of benzene rings is 2. The van der Waals surface area contributed by atoms with E-state index in [0.29, 0.717) is 13.0 Å². The maximum absolute atomic E-state index is 12.3. The Morgan fingerprint density at radius 3 is 2.41 bits per heavy atom. The van der Waals surface area contributed by atoms with Crippen LogP contribution in [-0.4, -0.2) is 18.4 Å². The van der Waals surface area contributed by atoms with Gasteiger partial charge in [0.25, 0.3) is 0 Å². The van der Waals surface area contributed by atoms with E-state index in [1.165, 1.54) is 11.1 Å². The maximum atomic E-state index is 12.3. The summed E-state index contributed by atoms with van der Waals surface area (Å²) in [4.78, 5) is 25.7. The average molecular weight is 364 g/mol. The Labute approximate surface area is 161 Å². The van der Waals surface area contributed by atoms with Crippen LogP contribution in [0.4, 0.5) is 11.4 Å². The van der Waals surface area contributed by atoms with Crippen LogP contribution < -0.4 is 10.2 Å². The molecule has 2 amide bonds. The molecule has 0 aliphatic carbocycles. The molecule has 0 spiro atoms. The molecule has 4 heteroatoms. The minimum Gasteiger partial charge on any atom is -0.326 e. The Balaban J connectivity index is 1.56. The third kappa shape index (κ3) is 4.57. The summed E-state index contributed by atoms with van der Waals surface area (Å²) in [6.45, 7) is 8.89. The smallest absolute Gasteiger partial charge is 0.224 e. The predicted molar refractivity (Wildman–Crippen MR) is 110 cm³/mol. The molecule has 1 aliphatic heterocycles. The number of carbonyl (C=O) groups is 2. The van der Waals surface area contributed by atoms with Crippen LogP contribution >= 0.6 is 0 Å². The van der Waals surface area contributed by atoms with E-state index < -0.39 is 0 Å². The van der Waals surface area contributed by atoms with Crippen LogP contribution in [-0.2, 0) is 27.8 Å². The van der Waals surface area contributed by atoms with E-state index in [9.17, 15) is 9.59 Å². The molecule has 3 rings (SSSR count). The summed E-state index contributed by atoms with van der Waals surface area (Å²) in [5, 5.41) is 2.98. The Morgan fingerprint density at radius 1 is 1.07 bits per heavy atom. The van der Waals surface area contributed by atoms with Crippen molar-refractivity contribution in [3.63, 3.8) is 0 Å². The van der Waals surface area contributed by atoms with Gasteiger partial charge in [0.2, 0.25) is 11.8 Å². The lowest BCUT2D eigenvalue weighted by molar-refractivity contribution is -0.117. The number of amides is 2. The highest BCUT2D eigenvalue weighted by molar-refractivity contribution is 5.95. The van der Waals surface area contributed by atoms with Crippen molar-refractivity contribution in [1.82, 2.24) is 0 Å². The van der Waals surface area contributed by atoms with Crippen LogP contribution in [0.15, 0.2) is 42.5 Å². The van der Waals surface area contributed by atoms with E-state index >= 15 is 0 Å². The van der Waals surface area contributed by atoms with E-state index in [4.69, 9.17) is 0 Å². The van der Waals surface area contributed by atoms with Crippen LogP contribution in [0.25, 0.3) is 0 Å². The molecule has 4 nitrogen and oxygen atoms in total. The molecule has 2 aromatic rings. The zero-order chi connectivity index (χ0) is 19.6. The Morgan fingerprint density at radius 2 is 1.78 bits per heavy atom. The van der Waals surface area contributed by atoms with Gasteiger partial charge in [-0.1, -0.05) is 45.0 Å². The number of nitrogens with one attached hydrogen (secondary N) is 1. The molecule has 0 aromatic heterocycles. The lowest BCUT2D eigenvalue weighted by Gasteiger charge is -2.19. The Kier molecular flexibility index (Phi) is 5.36. The normalized spacial score (nSPS) is 13.4. The molecule has 1 N–H and O–H groups in total. The van der Waals surface area contributed by atoms with Crippen molar-refractivity contribution in [3.05, 3.63) is 59.2 Å². The number of anilines is 2. The number of carbonyl (C=O) groups excluding carboxylic acids is 2. The number of fused-ring (bicyclic) bond motifs is 1. The summed E-state index contributed by atoms with van der Waals surface area (Å²) in [6.07, 6.45) is 2.00. The van der Waals surface area contributed by atoms with E-state index in [2.05, 4.69) is 50.4 Å². The van der Waals surface area contributed by atoms with Crippen molar-refractivity contribution < 1.29 is 9.59 Å². The molecule has 1 heterocycles. The second-order valence-electron chi connectivity index (χ2n) is 8.26. The summed E-state index contributed by atoms with van der Waals surface area (Å²) in [6, 6.07) is 14.3. The molecule has 27 heavy (non-hydrogen) atoms. The van der Waals surface area contributed by atoms with Crippen LogP contribution in [0.2, 0.25) is 0 Å². The van der Waals surface area contributed by atoms with Gasteiger partial charge in [-0.05, 0) is 53.1 Å². The summed E-state index contributed by atoms with van der Waals surface area (Å²) < 4.78 is 0. The largest absolute Gasteiger partial charge is 0.326 e. The summed E-state index contributed by atoms with van der Waals surface area (Å²) in [5.74, 6) is 0.0688. The third-order valence-electron chi connectivity index (χ3n) is 5.10. The molecule has 0 bridgehead atoms. The first kappa shape index (κ1) is 19.2. The molecule has 2 aromatic carbocycles. The number of aryl methyl sites for hydroxylation is 1. The summed E-state index contributed by atoms with van der Waals surface area (Å²) in [7, 11) is 0. The molecule has 142 valence electrons. The van der Waals surface area contributed by atoms with Crippen LogP contribution in [0, 0.1) is 0 Å². The molecular weight excluding hydrogens is 336 g/mol. The van der Waals surface area contributed by atoms with Gasteiger partial charge in [-0.3, -0.25) is 9.59 Å².